The number of thioether (sulfide) groups is 1. The van der Waals surface area contributed by atoms with Gasteiger partial charge in [0.05, 0.1) is 0 Å². The highest BCUT2D eigenvalue weighted by atomic mass is 32.2. The second kappa shape index (κ2) is 8.76. The number of hydrogen-bond donors (Lipinski definition) is 2. The summed E-state index contributed by atoms with van der Waals surface area (Å²) < 4.78 is 1.06. The van der Waals surface area contributed by atoms with Crippen LogP contribution in [0, 0.1) is 0 Å². The number of aliphatic hydroxyl groups is 1. The molecule has 1 saturated carbocycles. The molecule has 1 aromatic heterocycles. The predicted molar refractivity (Wildman–Crippen MR) is 82.1 cm³/mol. The summed E-state index contributed by atoms with van der Waals surface area (Å²) in [6, 6.07) is 0.601. The molecule has 1 aliphatic rings. The molecule has 1 heterocycles. The molecule has 0 radical (unpaired) electrons. The summed E-state index contributed by atoms with van der Waals surface area (Å²) in [5.41, 5.74) is 0. The normalized spacial score (nSPS) is 16.7. The van der Waals surface area contributed by atoms with Crippen molar-refractivity contribution in [2.24, 2.45) is 0 Å². The first-order chi connectivity index (χ1) is 9.38. The maximum atomic E-state index is 8.71. The van der Waals surface area contributed by atoms with Crippen LogP contribution in [0.25, 0.3) is 0 Å². The van der Waals surface area contributed by atoms with Crippen molar-refractivity contribution in [2.75, 3.05) is 17.7 Å². The highest BCUT2D eigenvalue weighted by Gasteiger charge is 2.15. The van der Waals surface area contributed by atoms with E-state index in [-0.39, 0.29) is 0 Å². The molecule has 0 aromatic carbocycles. The van der Waals surface area contributed by atoms with Gasteiger partial charge in [0, 0.05) is 18.4 Å². The Morgan fingerprint density at radius 1 is 1.16 bits per heavy atom. The molecule has 2 N–H and O–H groups in total. The molecule has 1 aromatic rings. The second-order valence-electron chi connectivity index (χ2n) is 4.99. The second-order valence-corrected chi connectivity index (χ2v) is 7.30. The minimum absolute atomic E-state index is 0.304. The minimum Gasteiger partial charge on any atom is -0.396 e. The topological polar surface area (TPSA) is 58.0 Å². The Kier molecular flexibility index (Phi) is 6.95. The summed E-state index contributed by atoms with van der Waals surface area (Å²) in [6.45, 7) is 0.304. The number of anilines is 1. The monoisotopic (exact) mass is 301 g/mol. The van der Waals surface area contributed by atoms with Crippen LogP contribution in [0.3, 0.4) is 0 Å². The zero-order valence-electron chi connectivity index (χ0n) is 11.3. The van der Waals surface area contributed by atoms with E-state index in [1.807, 2.05) is 0 Å². The lowest BCUT2D eigenvalue weighted by Gasteiger charge is -2.21. The molecule has 0 amide bonds. The van der Waals surface area contributed by atoms with Crippen LogP contribution < -0.4 is 5.32 Å². The molecule has 19 heavy (non-hydrogen) atoms. The van der Waals surface area contributed by atoms with E-state index in [2.05, 4.69) is 15.5 Å². The Morgan fingerprint density at radius 3 is 2.79 bits per heavy atom. The lowest BCUT2D eigenvalue weighted by Crippen LogP contribution is -2.21. The van der Waals surface area contributed by atoms with Gasteiger partial charge in [0.15, 0.2) is 4.34 Å². The fraction of sp³-hybridized carbons (Fsp3) is 0.846. The maximum absolute atomic E-state index is 8.71. The van der Waals surface area contributed by atoms with Gasteiger partial charge in [-0.15, -0.1) is 10.2 Å². The molecule has 0 bridgehead atoms. The third-order valence-electron chi connectivity index (χ3n) is 3.37. The van der Waals surface area contributed by atoms with Crippen molar-refractivity contribution in [2.45, 2.75) is 61.7 Å². The predicted octanol–water partition coefficient (Wildman–Crippen LogP) is 3.54. The van der Waals surface area contributed by atoms with Gasteiger partial charge in [-0.2, -0.15) is 0 Å². The lowest BCUT2D eigenvalue weighted by atomic mass is 9.96. The molecular weight excluding hydrogens is 278 g/mol. The first-order valence-corrected chi connectivity index (χ1v) is 9.02. The molecule has 108 valence electrons. The van der Waals surface area contributed by atoms with E-state index >= 15 is 0 Å². The van der Waals surface area contributed by atoms with E-state index in [1.165, 1.54) is 32.1 Å². The summed E-state index contributed by atoms with van der Waals surface area (Å²) in [4.78, 5) is 0. The smallest absolute Gasteiger partial charge is 0.206 e. The molecule has 4 nitrogen and oxygen atoms in total. The van der Waals surface area contributed by atoms with Crippen LogP contribution in [-0.2, 0) is 0 Å². The van der Waals surface area contributed by atoms with Crippen LogP contribution in [0.15, 0.2) is 4.34 Å². The standard InChI is InChI=1S/C13H23N3OS2/c17-9-5-2-6-10-18-13-16-15-12(19-13)14-11-7-3-1-4-8-11/h11,17H,1-10H2,(H,14,15). The number of aliphatic hydroxyl groups excluding tert-OH is 1. The van der Waals surface area contributed by atoms with Gasteiger partial charge in [0.1, 0.15) is 0 Å². The SMILES string of the molecule is OCCCCCSc1nnc(NC2CCCCC2)s1. The van der Waals surface area contributed by atoms with Crippen molar-refractivity contribution in [1.29, 1.82) is 0 Å². The van der Waals surface area contributed by atoms with Gasteiger partial charge in [-0.25, -0.2) is 0 Å². The van der Waals surface area contributed by atoms with E-state index < -0.39 is 0 Å². The summed E-state index contributed by atoms with van der Waals surface area (Å²) >= 11 is 3.45. The molecule has 1 fully saturated rings. The van der Waals surface area contributed by atoms with Gasteiger partial charge in [-0.1, -0.05) is 48.8 Å². The molecule has 0 unspecified atom stereocenters. The number of unbranched alkanes of at least 4 members (excludes halogenated alkanes) is 2. The summed E-state index contributed by atoms with van der Waals surface area (Å²) in [7, 11) is 0. The molecule has 0 atom stereocenters. The summed E-state index contributed by atoms with van der Waals surface area (Å²) in [5.74, 6) is 1.07. The van der Waals surface area contributed by atoms with Crippen molar-refractivity contribution in [3.63, 3.8) is 0 Å². The lowest BCUT2D eigenvalue weighted by molar-refractivity contribution is 0.284. The van der Waals surface area contributed by atoms with Gasteiger partial charge in [-0.3, -0.25) is 0 Å². The Balaban J connectivity index is 1.66. The maximum Gasteiger partial charge on any atom is 0.206 e. The van der Waals surface area contributed by atoms with Crippen molar-refractivity contribution in [3.8, 4) is 0 Å². The number of hydrogen-bond acceptors (Lipinski definition) is 6. The molecule has 1 aliphatic carbocycles. The summed E-state index contributed by atoms with van der Waals surface area (Å²) in [6.07, 6.45) is 9.72. The Morgan fingerprint density at radius 2 is 2.00 bits per heavy atom. The van der Waals surface area contributed by atoms with Crippen LogP contribution in [0.4, 0.5) is 5.13 Å². The van der Waals surface area contributed by atoms with Crippen molar-refractivity contribution >= 4 is 28.2 Å². The van der Waals surface area contributed by atoms with Crippen LogP contribution >= 0.6 is 23.1 Å². The fourth-order valence-corrected chi connectivity index (χ4v) is 4.20. The Bertz CT molecular complexity index is 353. The average molecular weight is 301 g/mol. The molecule has 6 heteroatoms. The van der Waals surface area contributed by atoms with Crippen LogP contribution in [0.1, 0.15) is 51.4 Å². The van der Waals surface area contributed by atoms with Crippen molar-refractivity contribution in [3.05, 3.63) is 0 Å². The molecular formula is C13H23N3OS2. The first kappa shape index (κ1) is 15.1. The first-order valence-electron chi connectivity index (χ1n) is 7.22. The Labute approximate surface area is 123 Å². The van der Waals surface area contributed by atoms with Gasteiger partial charge in [0.25, 0.3) is 0 Å². The fourth-order valence-electron chi connectivity index (χ4n) is 2.30. The molecule has 0 aliphatic heterocycles. The van der Waals surface area contributed by atoms with Gasteiger partial charge in [0.2, 0.25) is 5.13 Å². The van der Waals surface area contributed by atoms with Gasteiger partial charge in [-0.05, 0) is 25.7 Å². The number of nitrogens with one attached hydrogen (secondary N) is 1. The van der Waals surface area contributed by atoms with E-state index in [0.29, 0.717) is 12.6 Å². The van der Waals surface area contributed by atoms with Crippen molar-refractivity contribution < 1.29 is 5.11 Å². The number of aromatic nitrogens is 2. The molecule has 2 rings (SSSR count). The highest BCUT2D eigenvalue weighted by Crippen LogP contribution is 2.28. The van der Waals surface area contributed by atoms with E-state index in [0.717, 1.165) is 34.5 Å². The zero-order chi connectivity index (χ0) is 13.3. The van der Waals surface area contributed by atoms with E-state index in [4.69, 9.17) is 5.11 Å². The van der Waals surface area contributed by atoms with E-state index in [9.17, 15) is 0 Å². The summed E-state index contributed by atoms with van der Waals surface area (Å²) in [5, 5.41) is 21.6. The van der Waals surface area contributed by atoms with Crippen molar-refractivity contribution in [1.82, 2.24) is 10.2 Å². The van der Waals surface area contributed by atoms with Crippen LogP contribution in [0.2, 0.25) is 0 Å². The average Bonchev–Trinajstić information content (AvgIpc) is 2.87. The quantitative estimate of drug-likeness (QED) is 0.568. The zero-order valence-corrected chi connectivity index (χ0v) is 12.9. The largest absolute Gasteiger partial charge is 0.396 e. The van der Waals surface area contributed by atoms with Crippen LogP contribution in [0.5, 0.6) is 0 Å². The molecule has 0 saturated heterocycles. The van der Waals surface area contributed by atoms with Crippen LogP contribution in [-0.4, -0.2) is 33.7 Å². The third-order valence-corrected chi connectivity index (χ3v) is 5.44. The minimum atomic E-state index is 0.304. The van der Waals surface area contributed by atoms with Gasteiger partial charge >= 0.3 is 0 Å². The number of rotatable bonds is 8. The third kappa shape index (κ3) is 5.67. The number of nitrogens with zero attached hydrogens (tertiary/aromatic N) is 2. The molecule has 0 spiro atoms. The highest BCUT2D eigenvalue weighted by molar-refractivity contribution is 8.01. The Hall–Kier alpha value is -0.330. The van der Waals surface area contributed by atoms with E-state index in [1.54, 1.807) is 23.1 Å². The van der Waals surface area contributed by atoms with Gasteiger partial charge < -0.3 is 10.4 Å².